The second kappa shape index (κ2) is 6.92. The van der Waals surface area contributed by atoms with Crippen LogP contribution in [0.15, 0.2) is 6.07 Å². The highest BCUT2D eigenvalue weighted by molar-refractivity contribution is 5.54. The molecule has 5 heteroatoms. The highest BCUT2D eigenvalue weighted by Gasteiger charge is 2.23. The number of ether oxygens (including phenoxy) is 2. The molecule has 1 aromatic rings. The molecule has 2 rings (SSSR count). The van der Waals surface area contributed by atoms with Crippen LogP contribution < -0.4 is 14.8 Å². The van der Waals surface area contributed by atoms with E-state index in [1.807, 2.05) is 6.07 Å². The average Bonchev–Trinajstić information content (AvgIpc) is 2.46. The maximum Gasteiger partial charge on any atom is 0.127 e. The van der Waals surface area contributed by atoms with E-state index in [-0.39, 0.29) is 6.61 Å². The molecule has 20 heavy (non-hydrogen) atoms. The molecular formula is C15H24N2O3. The van der Waals surface area contributed by atoms with Crippen LogP contribution in [0.5, 0.6) is 11.5 Å². The molecular weight excluding hydrogens is 256 g/mol. The average molecular weight is 280 g/mol. The summed E-state index contributed by atoms with van der Waals surface area (Å²) in [6, 6.07) is 2.04. The molecule has 1 heterocycles. The van der Waals surface area contributed by atoms with Crippen LogP contribution in [-0.2, 0) is 19.5 Å². The van der Waals surface area contributed by atoms with Crippen LogP contribution in [0.25, 0.3) is 0 Å². The lowest BCUT2D eigenvalue weighted by Crippen LogP contribution is -2.28. The minimum absolute atomic E-state index is 0.134. The van der Waals surface area contributed by atoms with Crippen LogP contribution in [0, 0.1) is 0 Å². The molecule has 0 saturated heterocycles. The Morgan fingerprint density at radius 1 is 1.30 bits per heavy atom. The zero-order valence-corrected chi connectivity index (χ0v) is 12.5. The van der Waals surface area contributed by atoms with E-state index < -0.39 is 0 Å². The Morgan fingerprint density at radius 3 is 2.75 bits per heavy atom. The van der Waals surface area contributed by atoms with Gasteiger partial charge >= 0.3 is 0 Å². The quantitative estimate of drug-likeness (QED) is 0.754. The van der Waals surface area contributed by atoms with Crippen molar-refractivity contribution in [3.8, 4) is 11.5 Å². The fourth-order valence-electron chi connectivity index (χ4n) is 2.75. The van der Waals surface area contributed by atoms with Crippen molar-refractivity contribution in [1.29, 1.82) is 0 Å². The normalized spacial score (nSPS) is 15.0. The molecule has 1 aliphatic heterocycles. The summed E-state index contributed by atoms with van der Waals surface area (Å²) in [7, 11) is 5.54. The number of methoxy groups -OCH3 is 2. The number of rotatable bonds is 6. The monoisotopic (exact) mass is 280 g/mol. The van der Waals surface area contributed by atoms with Crippen LogP contribution in [-0.4, -0.2) is 51.0 Å². The van der Waals surface area contributed by atoms with E-state index in [4.69, 9.17) is 14.6 Å². The van der Waals surface area contributed by atoms with E-state index in [0.717, 1.165) is 36.6 Å². The standard InChI is InChI=1S/C15H24N2O3/c1-17-6-4-12-13(10-17)14(19-2)8-11(15(12)20-3)9-16-5-7-18/h8,16,18H,4-7,9-10H2,1-3H3. The van der Waals surface area contributed by atoms with Crippen LogP contribution in [0.1, 0.15) is 16.7 Å². The molecule has 0 atom stereocenters. The number of hydrogen-bond acceptors (Lipinski definition) is 5. The van der Waals surface area contributed by atoms with Gasteiger partial charge in [-0.2, -0.15) is 0 Å². The third-order valence-corrected chi connectivity index (χ3v) is 3.73. The molecule has 0 saturated carbocycles. The molecule has 0 aromatic heterocycles. The molecule has 1 aliphatic rings. The molecule has 0 spiro atoms. The summed E-state index contributed by atoms with van der Waals surface area (Å²) >= 11 is 0. The predicted octanol–water partition coefficient (Wildman–Crippen LogP) is 0.774. The van der Waals surface area contributed by atoms with Gasteiger partial charge in [-0.3, -0.25) is 0 Å². The van der Waals surface area contributed by atoms with Gasteiger partial charge in [-0.25, -0.2) is 0 Å². The lowest BCUT2D eigenvalue weighted by Gasteiger charge is -2.29. The summed E-state index contributed by atoms with van der Waals surface area (Å²) in [4.78, 5) is 2.29. The third kappa shape index (κ3) is 3.06. The number of hydrogen-bond donors (Lipinski definition) is 2. The van der Waals surface area contributed by atoms with Gasteiger partial charge in [0.1, 0.15) is 11.5 Å². The highest BCUT2D eigenvalue weighted by Crippen LogP contribution is 2.37. The van der Waals surface area contributed by atoms with Gasteiger partial charge in [0.15, 0.2) is 0 Å². The van der Waals surface area contributed by atoms with Crippen molar-refractivity contribution < 1.29 is 14.6 Å². The molecule has 0 bridgehead atoms. The number of aliphatic hydroxyl groups is 1. The minimum Gasteiger partial charge on any atom is -0.496 e. The molecule has 1 aromatic carbocycles. The summed E-state index contributed by atoms with van der Waals surface area (Å²) in [5.41, 5.74) is 3.57. The van der Waals surface area contributed by atoms with E-state index in [1.54, 1.807) is 14.2 Å². The van der Waals surface area contributed by atoms with E-state index in [1.165, 1.54) is 11.1 Å². The first kappa shape index (κ1) is 15.1. The number of likely N-dealkylation sites (N-methyl/N-ethyl adjacent to an activating group) is 1. The third-order valence-electron chi connectivity index (χ3n) is 3.73. The summed E-state index contributed by atoms with van der Waals surface area (Å²) in [6.07, 6.45) is 0.971. The lowest BCUT2D eigenvalue weighted by molar-refractivity contribution is 0.289. The SMILES string of the molecule is COc1cc(CNCCO)c(OC)c2c1CN(C)CC2. The second-order valence-corrected chi connectivity index (χ2v) is 5.12. The number of benzene rings is 1. The number of fused-ring (bicyclic) bond motifs is 1. The molecule has 0 fully saturated rings. The van der Waals surface area contributed by atoms with Crippen LogP contribution >= 0.6 is 0 Å². The van der Waals surface area contributed by atoms with Crippen molar-refractivity contribution in [3.63, 3.8) is 0 Å². The van der Waals surface area contributed by atoms with Gasteiger partial charge in [0.2, 0.25) is 0 Å². The van der Waals surface area contributed by atoms with E-state index in [9.17, 15) is 0 Å². The van der Waals surface area contributed by atoms with Crippen LogP contribution in [0.2, 0.25) is 0 Å². The van der Waals surface area contributed by atoms with E-state index in [0.29, 0.717) is 13.1 Å². The van der Waals surface area contributed by atoms with Gasteiger partial charge in [0, 0.05) is 42.9 Å². The first-order valence-corrected chi connectivity index (χ1v) is 6.97. The summed E-state index contributed by atoms with van der Waals surface area (Å²) in [5, 5.41) is 12.1. The Morgan fingerprint density at radius 2 is 2.10 bits per heavy atom. The summed E-state index contributed by atoms with van der Waals surface area (Å²) in [6.45, 7) is 3.29. The van der Waals surface area contributed by atoms with Crippen molar-refractivity contribution in [2.45, 2.75) is 19.5 Å². The van der Waals surface area contributed by atoms with Crippen molar-refractivity contribution in [2.24, 2.45) is 0 Å². The van der Waals surface area contributed by atoms with Crippen molar-refractivity contribution in [1.82, 2.24) is 10.2 Å². The fraction of sp³-hybridized carbons (Fsp3) is 0.600. The van der Waals surface area contributed by atoms with Crippen LogP contribution in [0.3, 0.4) is 0 Å². The van der Waals surface area contributed by atoms with Gasteiger partial charge < -0.3 is 24.8 Å². The lowest BCUT2D eigenvalue weighted by atomic mass is 9.94. The Balaban J connectivity index is 2.37. The van der Waals surface area contributed by atoms with Crippen molar-refractivity contribution >= 4 is 0 Å². The highest BCUT2D eigenvalue weighted by atomic mass is 16.5. The molecule has 0 unspecified atom stereocenters. The Kier molecular flexibility index (Phi) is 5.23. The molecule has 112 valence electrons. The fourth-order valence-corrected chi connectivity index (χ4v) is 2.75. The van der Waals surface area contributed by atoms with Gasteiger partial charge in [0.25, 0.3) is 0 Å². The van der Waals surface area contributed by atoms with Crippen LogP contribution in [0.4, 0.5) is 0 Å². The van der Waals surface area contributed by atoms with Crippen molar-refractivity contribution in [3.05, 3.63) is 22.8 Å². The molecule has 0 amide bonds. The molecule has 2 N–H and O–H groups in total. The second-order valence-electron chi connectivity index (χ2n) is 5.12. The predicted molar refractivity (Wildman–Crippen MR) is 78.4 cm³/mol. The maximum absolute atomic E-state index is 8.87. The Hall–Kier alpha value is -1.30. The molecule has 0 radical (unpaired) electrons. The van der Waals surface area contributed by atoms with Crippen molar-refractivity contribution in [2.75, 3.05) is 41.0 Å². The molecule has 0 aliphatic carbocycles. The number of nitrogens with one attached hydrogen (secondary N) is 1. The first-order chi connectivity index (χ1) is 9.71. The number of aliphatic hydroxyl groups excluding tert-OH is 1. The van der Waals surface area contributed by atoms with Gasteiger partial charge in [-0.1, -0.05) is 0 Å². The largest absolute Gasteiger partial charge is 0.496 e. The van der Waals surface area contributed by atoms with Gasteiger partial charge in [0.05, 0.1) is 20.8 Å². The topological polar surface area (TPSA) is 54.0 Å². The van der Waals surface area contributed by atoms with Gasteiger partial charge in [-0.05, 0) is 19.5 Å². The minimum atomic E-state index is 0.134. The zero-order valence-electron chi connectivity index (χ0n) is 12.5. The van der Waals surface area contributed by atoms with E-state index in [2.05, 4.69) is 17.3 Å². The first-order valence-electron chi connectivity index (χ1n) is 6.97. The maximum atomic E-state index is 8.87. The van der Waals surface area contributed by atoms with Gasteiger partial charge in [-0.15, -0.1) is 0 Å². The van der Waals surface area contributed by atoms with E-state index >= 15 is 0 Å². The molecule has 5 nitrogen and oxygen atoms in total. The zero-order chi connectivity index (χ0) is 14.5. The summed E-state index contributed by atoms with van der Waals surface area (Å²) < 4.78 is 11.2. The Labute approximate surface area is 120 Å². The Bertz CT molecular complexity index is 463. The summed E-state index contributed by atoms with van der Waals surface area (Å²) in [5.74, 6) is 1.88. The number of nitrogens with zero attached hydrogens (tertiary/aromatic N) is 1. The smallest absolute Gasteiger partial charge is 0.127 e.